The Kier molecular flexibility index (Phi) is 8.11. The Bertz CT molecular complexity index is 409. The predicted octanol–water partition coefficient (Wildman–Crippen LogP) is 2.66. The van der Waals surface area contributed by atoms with Crippen molar-refractivity contribution >= 4 is 28.8 Å². The smallest absolute Gasteiger partial charge is 0.226 e. The number of carbonyl (C=O) groups is 1. The van der Waals surface area contributed by atoms with Crippen LogP contribution < -0.4 is 5.32 Å². The molecule has 1 aromatic heterocycles. The molecule has 0 aliphatic rings. The fraction of sp³-hybridized carbons (Fsp3) is 0.714. The highest BCUT2D eigenvalue weighted by atomic mass is 35.5. The van der Waals surface area contributed by atoms with E-state index in [0.717, 1.165) is 36.6 Å². The average Bonchev–Trinajstić information content (AvgIpc) is 2.85. The summed E-state index contributed by atoms with van der Waals surface area (Å²) < 4.78 is 0. The van der Waals surface area contributed by atoms with Crippen LogP contribution in [0, 0.1) is 0 Å². The number of halogens is 1. The zero-order valence-corrected chi connectivity index (χ0v) is 14.1. The third-order valence-electron chi connectivity index (χ3n) is 3.19. The van der Waals surface area contributed by atoms with Crippen molar-refractivity contribution in [2.75, 3.05) is 20.1 Å². The Hall–Kier alpha value is -0.650. The van der Waals surface area contributed by atoms with Crippen molar-refractivity contribution in [3.63, 3.8) is 0 Å². The SMILES string of the molecule is CC(C)N(C)CCCCNC(=O)Cc1nc(CCl)cs1. The van der Waals surface area contributed by atoms with E-state index in [-0.39, 0.29) is 5.91 Å². The van der Waals surface area contributed by atoms with E-state index in [0.29, 0.717) is 18.3 Å². The van der Waals surface area contributed by atoms with Crippen molar-refractivity contribution < 1.29 is 4.79 Å². The number of alkyl halides is 1. The number of nitrogens with zero attached hydrogens (tertiary/aromatic N) is 2. The van der Waals surface area contributed by atoms with Gasteiger partial charge < -0.3 is 10.2 Å². The standard InChI is InChI=1S/C14H24ClN3OS/c1-11(2)18(3)7-5-4-6-16-13(19)8-14-17-12(9-15)10-20-14/h10-11H,4-9H2,1-3H3,(H,16,19). The van der Waals surface area contributed by atoms with Crippen LogP contribution in [0.2, 0.25) is 0 Å². The highest BCUT2D eigenvalue weighted by Crippen LogP contribution is 2.11. The van der Waals surface area contributed by atoms with E-state index < -0.39 is 0 Å². The summed E-state index contributed by atoms with van der Waals surface area (Å²) in [6.07, 6.45) is 2.46. The Morgan fingerprint density at radius 2 is 2.25 bits per heavy atom. The van der Waals surface area contributed by atoms with Gasteiger partial charge in [0.15, 0.2) is 0 Å². The van der Waals surface area contributed by atoms with E-state index in [4.69, 9.17) is 11.6 Å². The lowest BCUT2D eigenvalue weighted by Crippen LogP contribution is -2.29. The van der Waals surface area contributed by atoms with Gasteiger partial charge in [0.1, 0.15) is 5.01 Å². The first-order valence-electron chi connectivity index (χ1n) is 6.99. The number of thiazole rings is 1. The number of hydrogen-bond acceptors (Lipinski definition) is 4. The molecule has 0 aromatic carbocycles. The largest absolute Gasteiger partial charge is 0.356 e. The lowest BCUT2D eigenvalue weighted by molar-refractivity contribution is -0.120. The second-order valence-corrected chi connectivity index (χ2v) is 6.38. The second kappa shape index (κ2) is 9.32. The van der Waals surface area contributed by atoms with Crippen LogP contribution in [0.1, 0.15) is 37.4 Å². The summed E-state index contributed by atoms with van der Waals surface area (Å²) >= 11 is 7.17. The molecule has 0 saturated heterocycles. The van der Waals surface area contributed by atoms with Crippen molar-refractivity contribution in [1.29, 1.82) is 0 Å². The van der Waals surface area contributed by atoms with Crippen molar-refractivity contribution in [3.8, 4) is 0 Å². The summed E-state index contributed by atoms with van der Waals surface area (Å²) in [4.78, 5) is 18.3. The van der Waals surface area contributed by atoms with Gasteiger partial charge in [-0.3, -0.25) is 4.79 Å². The molecule has 0 radical (unpaired) electrons. The van der Waals surface area contributed by atoms with Crippen LogP contribution in [0.5, 0.6) is 0 Å². The summed E-state index contributed by atoms with van der Waals surface area (Å²) in [5, 5.41) is 5.67. The normalized spacial score (nSPS) is 11.3. The van der Waals surface area contributed by atoms with E-state index in [1.165, 1.54) is 11.3 Å². The minimum Gasteiger partial charge on any atom is -0.356 e. The molecule has 0 bridgehead atoms. The van der Waals surface area contributed by atoms with Crippen LogP contribution in [0.3, 0.4) is 0 Å². The molecule has 0 unspecified atom stereocenters. The monoisotopic (exact) mass is 317 g/mol. The molecule has 1 amide bonds. The summed E-state index contributed by atoms with van der Waals surface area (Å²) in [6.45, 7) is 6.17. The van der Waals surface area contributed by atoms with Crippen molar-refractivity contribution in [2.24, 2.45) is 0 Å². The van der Waals surface area contributed by atoms with Gasteiger partial charge in [-0.2, -0.15) is 0 Å². The minimum absolute atomic E-state index is 0.0395. The molecule has 0 fully saturated rings. The molecule has 0 saturated carbocycles. The number of aromatic nitrogens is 1. The predicted molar refractivity (Wildman–Crippen MR) is 85.4 cm³/mol. The minimum atomic E-state index is 0.0395. The van der Waals surface area contributed by atoms with Crippen LogP contribution >= 0.6 is 22.9 Å². The number of nitrogens with one attached hydrogen (secondary N) is 1. The number of rotatable bonds is 9. The molecule has 0 aliphatic heterocycles. The third kappa shape index (κ3) is 6.68. The van der Waals surface area contributed by atoms with E-state index in [1.54, 1.807) is 0 Å². The van der Waals surface area contributed by atoms with Crippen molar-refractivity contribution in [2.45, 2.75) is 45.0 Å². The van der Waals surface area contributed by atoms with Crippen LogP contribution in [0.25, 0.3) is 0 Å². The lowest BCUT2D eigenvalue weighted by Gasteiger charge is -2.20. The fourth-order valence-electron chi connectivity index (χ4n) is 1.66. The van der Waals surface area contributed by atoms with Crippen LogP contribution in [0.4, 0.5) is 0 Å². The molecular formula is C14H24ClN3OS. The van der Waals surface area contributed by atoms with Crippen molar-refractivity contribution in [1.82, 2.24) is 15.2 Å². The molecular weight excluding hydrogens is 294 g/mol. The molecule has 0 spiro atoms. The summed E-state index contributed by atoms with van der Waals surface area (Å²) in [7, 11) is 2.13. The molecule has 114 valence electrons. The first kappa shape index (κ1) is 17.4. The first-order chi connectivity index (χ1) is 9.52. The van der Waals surface area contributed by atoms with Gasteiger partial charge in [-0.1, -0.05) is 0 Å². The van der Waals surface area contributed by atoms with E-state index in [9.17, 15) is 4.79 Å². The summed E-state index contributed by atoms with van der Waals surface area (Å²) in [5.74, 6) is 0.444. The van der Waals surface area contributed by atoms with Crippen LogP contribution in [-0.4, -0.2) is 42.0 Å². The van der Waals surface area contributed by atoms with Gasteiger partial charge in [-0.05, 0) is 40.3 Å². The molecule has 20 heavy (non-hydrogen) atoms. The van der Waals surface area contributed by atoms with Gasteiger partial charge in [0.05, 0.1) is 18.0 Å². The Morgan fingerprint density at radius 3 is 2.85 bits per heavy atom. The Morgan fingerprint density at radius 1 is 1.50 bits per heavy atom. The topological polar surface area (TPSA) is 45.2 Å². The van der Waals surface area contributed by atoms with Gasteiger partial charge in [-0.25, -0.2) is 4.98 Å². The third-order valence-corrected chi connectivity index (χ3v) is 4.36. The van der Waals surface area contributed by atoms with Gasteiger partial charge in [0.2, 0.25) is 5.91 Å². The molecule has 1 heterocycles. The molecule has 6 heteroatoms. The molecule has 1 rings (SSSR count). The van der Waals surface area contributed by atoms with Crippen molar-refractivity contribution in [3.05, 3.63) is 16.1 Å². The van der Waals surface area contributed by atoms with Crippen LogP contribution in [0.15, 0.2) is 5.38 Å². The number of hydrogen-bond donors (Lipinski definition) is 1. The first-order valence-corrected chi connectivity index (χ1v) is 8.40. The number of carbonyl (C=O) groups excluding carboxylic acids is 1. The second-order valence-electron chi connectivity index (χ2n) is 5.17. The summed E-state index contributed by atoms with van der Waals surface area (Å²) in [6, 6.07) is 0.575. The molecule has 0 aliphatic carbocycles. The zero-order chi connectivity index (χ0) is 15.0. The Labute approximate surface area is 130 Å². The molecule has 0 atom stereocenters. The quantitative estimate of drug-likeness (QED) is 0.562. The molecule has 1 N–H and O–H groups in total. The van der Waals surface area contributed by atoms with E-state index in [1.807, 2.05) is 5.38 Å². The van der Waals surface area contributed by atoms with Gasteiger partial charge in [0, 0.05) is 18.0 Å². The summed E-state index contributed by atoms with van der Waals surface area (Å²) in [5.41, 5.74) is 0.844. The maximum atomic E-state index is 11.7. The number of unbranched alkanes of at least 4 members (excludes halogenated alkanes) is 1. The van der Waals surface area contributed by atoms with E-state index in [2.05, 4.69) is 36.1 Å². The highest BCUT2D eigenvalue weighted by molar-refractivity contribution is 7.09. The molecule has 1 aromatic rings. The maximum Gasteiger partial charge on any atom is 0.226 e. The maximum absolute atomic E-state index is 11.7. The Balaban J connectivity index is 2.11. The lowest BCUT2D eigenvalue weighted by atomic mass is 10.2. The fourth-order valence-corrected chi connectivity index (χ4v) is 2.68. The van der Waals surface area contributed by atoms with Gasteiger partial charge in [0.25, 0.3) is 0 Å². The zero-order valence-electron chi connectivity index (χ0n) is 12.5. The van der Waals surface area contributed by atoms with Gasteiger partial charge >= 0.3 is 0 Å². The number of amides is 1. The van der Waals surface area contributed by atoms with E-state index >= 15 is 0 Å². The average molecular weight is 318 g/mol. The van der Waals surface area contributed by atoms with Gasteiger partial charge in [-0.15, -0.1) is 22.9 Å². The molecule has 4 nitrogen and oxygen atoms in total. The van der Waals surface area contributed by atoms with Crippen LogP contribution in [-0.2, 0) is 17.1 Å². The highest BCUT2D eigenvalue weighted by Gasteiger charge is 2.07.